The number of ether oxygens (including phenoxy) is 1. The van der Waals surface area contributed by atoms with E-state index in [-0.39, 0.29) is 5.56 Å². The maximum atomic E-state index is 11.1. The number of hydrogen-bond acceptors (Lipinski definition) is 3. The zero-order valence-electron chi connectivity index (χ0n) is 9.87. The molecular weight excluding hydrogens is 232 g/mol. The van der Waals surface area contributed by atoms with E-state index in [9.17, 15) is 4.79 Å². The number of aromatic nitrogens is 2. The Morgan fingerprint density at radius 3 is 3.22 bits per heavy atom. The van der Waals surface area contributed by atoms with Gasteiger partial charge >= 0.3 is 5.97 Å². The number of hydrogen-bond donors (Lipinski definition) is 1. The second-order valence-corrected chi connectivity index (χ2v) is 4.62. The van der Waals surface area contributed by atoms with Gasteiger partial charge < -0.3 is 14.2 Å². The van der Waals surface area contributed by atoms with Gasteiger partial charge in [-0.15, -0.1) is 0 Å². The summed E-state index contributed by atoms with van der Waals surface area (Å²) in [6.45, 7) is 1.60. The van der Waals surface area contributed by atoms with Crippen LogP contribution >= 0.6 is 0 Å². The molecule has 1 N–H and O–H groups in total. The summed E-state index contributed by atoms with van der Waals surface area (Å²) in [5, 5.41) is 9.10. The fourth-order valence-corrected chi connectivity index (χ4v) is 2.37. The summed E-state index contributed by atoms with van der Waals surface area (Å²) in [6.07, 6.45) is 5.63. The molecule has 1 saturated heterocycles. The van der Waals surface area contributed by atoms with Gasteiger partial charge in [-0.3, -0.25) is 0 Å². The van der Waals surface area contributed by atoms with Crippen LogP contribution in [0, 0.1) is 5.92 Å². The third-order valence-electron chi connectivity index (χ3n) is 3.28. The second-order valence-electron chi connectivity index (χ2n) is 4.62. The van der Waals surface area contributed by atoms with E-state index in [2.05, 4.69) is 4.98 Å². The molecule has 0 radical (unpaired) electrons. The van der Waals surface area contributed by atoms with Gasteiger partial charge in [0.25, 0.3) is 0 Å². The second kappa shape index (κ2) is 4.42. The number of nitrogens with zero attached hydrogens (tertiary/aromatic N) is 2. The third kappa shape index (κ3) is 1.97. The van der Waals surface area contributed by atoms with Crippen LogP contribution in [0.2, 0.25) is 0 Å². The van der Waals surface area contributed by atoms with E-state index in [1.54, 1.807) is 16.5 Å². The molecular formula is C13H14N2O3. The smallest absolute Gasteiger partial charge is 0.339 e. The summed E-state index contributed by atoms with van der Waals surface area (Å²) in [6, 6.07) is 3.30. The van der Waals surface area contributed by atoms with Crippen molar-refractivity contribution < 1.29 is 14.6 Å². The highest BCUT2D eigenvalue weighted by Gasteiger charge is 2.18. The lowest BCUT2D eigenvalue weighted by Gasteiger charge is -2.02. The minimum absolute atomic E-state index is 0.242. The molecule has 18 heavy (non-hydrogen) atoms. The Bertz CT molecular complexity index is 585. The number of carboxylic acid groups (broad SMARTS) is 1. The average Bonchev–Trinajstić information content (AvgIpc) is 2.96. The topological polar surface area (TPSA) is 63.8 Å². The van der Waals surface area contributed by atoms with Gasteiger partial charge in [0, 0.05) is 25.6 Å². The van der Waals surface area contributed by atoms with E-state index >= 15 is 0 Å². The van der Waals surface area contributed by atoms with E-state index in [0.717, 1.165) is 31.7 Å². The Labute approximate surface area is 104 Å². The maximum absolute atomic E-state index is 11.1. The number of carboxylic acids is 1. The summed E-state index contributed by atoms with van der Waals surface area (Å²) in [7, 11) is 0. The molecule has 3 heterocycles. The van der Waals surface area contributed by atoms with Crippen LogP contribution in [-0.4, -0.2) is 33.7 Å². The van der Waals surface area contributed by atoms with Gasteiger partial charge in [-0.25, -0.2) is 9.78 Å². The number of fused-ring (bicyclic) bond motifs is 1. The molecule has 94 valence electrons. The van der Waals surface area contributed by atoms with Crippen LogP contribution in [0.3, 0.4) is 0 Å². The van der Waals surface area contributed by atoms with Gasteiger partial charge in [0.1, 0.15) is 5.56 Å². The molecule has 1 atom stereocenters. The third-order valence-corrected chi connectivity index (χ3v) is 3.28. The Hall–Kier alpha value is -1.88. The van der Waals surface area contributed by atoms with Crippen LogP contribution in [-0.2, 0) is 11.2 Å². The van der Waals surface area contributed by atoms with Crippen molar-refractivity contribution in [2.24, 2.45) is 5.92 Å². The Morgan fingerprint density at radius 2 is 2.50 bits per heavy atom. The Morgan fingerprint density at radius 1 is 1.61 bits per heavy atom. The first kappa shape index (κ1) is 11.2. The van der Waals surface area contributed by atoms with Crippen LogP contribution in [0.15, 0.2) is 24.5 Å². The van der Waals surface area contributed by atoms with Crippen molar-refractivity contribution in [2.75, 3.05) is 13.2 Å². The lowest BCUT2D eigenvalue weighted by Crippen LogP contribution is -2.03. The van der Waals surface area contributed by atoms with Gasteiger partial charge in [-0.1, -0.05) is 0 Å². The van der Waals surface area contributed by atoms with Gasteiger partial charge in [-0.05, 0) is 30.9 Å². The molecule has 0 bridgehead atoms. The predicted octanol–water partition coefficient (Wildman–Crippen LogP) is 1.61. The summed E-state index contributed by atoms with van der Waals surface area (Å²) >= 11 is 0. The number of carbonyl (C=O) groups is 1. The van der Waals surface area contributed by atoms with Crippen LogP contribution in [0.5, 0.6) is 0 Å². The minimum atomic E-state index is -0.943. The van der Waals surface area contributed by atoms with Crippen molar-refractivity contribution >= 4 is 11.6 Å². The summed E-state index contributed by atoms with van der Waals surface area (Å²) < 4.78 is 7.11. The van der Waals surface area contributed by atoms with Crippen LogP contribution in [0.25, 0.3) is 5.65 Å². The number of aromatic carboxylic acids is 1. The molecule has 0 aromatic carbocycles. The molecule has 1 aliphatic heterocycles. The maximum Gasteiger partial charge on any atom is 0.339 e. The molecule has 0 aliphatic carbocycles. The summed E-state index contributed by atoms with van der Waals surface area (Å²) in [5.74, 6) is -0.440. The quantitative estimate of drug-likeness (QED) is 0.893. The normalized spacial score (nSPS) is 19.4. The molecule has 0 spiro atoms. The summed E-state index contributed by atoms with van der Waals surface area (Å²) in [5.41, 5.74) is 1.68. The average molecular weight is 246 g/mol. The van der Waals surface area contributed by atoms with Crippen molar-refractivity contribution in [1.82, 2.24) is 9.38 Å². The van der Waals surface area contributed by atoms with E-state index < -0.39 is 5.97 Å². The molecule has 0 saturated carbocycles. The molecule has 0 amide bonds. The van der Waals surface area contributed by atoms with Crippen molar-refractivity contribution in [3.63, 3.8) is 0 Å². The lowest BCUT2D eigenvalue weighted by molar-refractivity contribution is 0.0698. The van der Waals surface area contributed by atoms with Crippen molar-refractivity contribution in [3.05, 3.63) is 35.8 Å². The zero-order valence-corrected chi connectivity index (χ0v) is 9.87. The largest absolute Gasteiger partial charge is 0.478 e. The van der Waals surface area contributed by atoms with Crippen LogP contribution in [0.1, 0.15) is 22.5 Å². The molecule has 1 unspecified atom stereocenters. The predicted molar refractivity (Wildman–Crippen MR) is 64.8 cm³/mol. The van der Waals surface area contributed by atoms with E-state index in [4.69, 9.17) is 9.84 Å². The first-order chi connectivity index (χ1) is 8.74. The monoisotopic (exact) mass is 246 g/mol. The Kier molecular flexibility index (Phi) is 2.76. The summed E-state index contributed by atoms with van der Waals surface area (Å²) in [4.78, 5) is 15.5. The van der Waals surface area contributed by atoms with E-state index in [0.29, 0.717) is 11.6 Å². The Balaban J connectivity index is 1.94. The lowest BCUT2D eigenvalue weighted by atomic mass is 10.0. The van der Waals surface area contributed by atoms with Gasteiger partial charge in [-0.2, -0.15) is 0 Å². The van der Waals surface area contributed by atoms with Crippen LogP contribution < -0.4 is 0 Å². The zero-order chi connectivity index (χ0) is 12.5. The first-order valence-electron chi connectivity index (χ1n) is 6.01. The highest BCUT2D eigenvalue weighted by atomic mass is 16.5. The van der Waals surface area contributed by atoms with Gasteiger partial charge in [0.15, 0.2) is 5.65 Å². The molecule has 2 aromatic heterocycles. The van der Waals surface area contributed by atoms with Gasteiger partial charge in [0.05, 0.1) is 5.69 Å². The van der Waals surface area contributed by atoms with Crippen molar-refractivity contribution in [1.29, 1.82) is 0 Å². The van der Waals surface area contributed by atoms with E-state index in [1.165, 1.54) is 0 Å². The molecule has 1 fully saturated rings. The first-order valence-corrected chi connectivity index (χ1v) is 6.01. The standard InChI is InChI=1S/C13H14N2O3/c16-13(17)11-2-1-4-15-7-10(14-12(11)15)6-9-3-5-18-8-9/h1-2,4,7,9H,3,5-6,8H2,(H,16,17). The van der Waals surface area contributed by atoms with Crippen molar-refractivity contribution in [3.8, 4) is 0 Å². The fourth-order valence-electron chi connectivity index (χ4n) is 2.37. The van der Waals surface area contributed by atoms with Crippen LogP contribution in [0.4, 0.5) is 0 Å². The molecule has 5 heteroatoms. The minimum Gasteiger partial charge on any atom is -0.478 e. The number of pyridine rings is 1. The molecule has 3 rings (SSSR count). The molecule has 2 aromatic rings. The SMILES string of the molecule is O=C(O)c1cccn2cc(CC3CCOC3)nc12. The number of imidazole rings is 1. The highest BCUT2D eigenvalue weighted by Crippen LogP contribution is 2.19. The van der Waals surface area contributed by atoms with Crippen molar-refractivity contribution in [2.45, 2.75) is 12.8 Å². The molecule has 1 aliphatic rings. The molecule has 5 nitrogen and oxygen atoms in total. The number of rotatable bonds is 3. The highest BCUT2D eigenvalue weighted by molar-refractivity contribution is 5.94. The van der Waals surface area contributed by atoms with Gasteiger partial charge in [0.2, 0.25) is 0 Å². The fraction of sp³-hybridized carbons (Fsp3) is 0.385. The van der Waals surface area contributed by atoms with E-state index in [1.807, 2.05) is 12.4 Å².